The van der Waals surface area contributed by atoms with Crippen molar-refractivity contribution in [3.05, 3.63) is 0 Å². The molecule has 0 aromatic carbocycles. The summed E-state index contributed by atoms with van der Waals surface area (Å²) in [6, 6.07) is -0.444. The number of hydrazine groups is 1. The Labute approximate surface area is 89.4 Å². The first-order chi connectivity index (χ1) is 6.78. The number of hydrogen-bond donors (Lipinski definition) is 3. The fourth-order valence-electron chi connectivity index (χ4n) is 1.08. The third kappa shape index (κ3) is 6.26. The maximum Gasteiger partial charge on any atom is 0.422 e. The molecule has 0 radical (unpaired) electrons. The molecule has 0 bridgehead atoms. The number of carbonyl (C=O) groups is 1. The molecule has 0 heterocycles. The molecular formula is C7H17N3O4S. The minimum absolute atomic E-state index is 0.444. The Morgan fingerprint density at radius 2 is 2.13 bits per heavy atom. The average Bonchev–Trinajstić information content (AvgIpc) is 2.08. The molecule has 0 saturated carbocycles. The highest BCUT2D eigenvalue weighted by Gasteiger charge is 2.22. The summed E-state index contributed by atoms with van der Waals surface area (Å²) in [5.41, 5.74) is 0. The fraction of sp³-hybridized carbons (Fsp3) is 0.857. The number of nitrogens with two attached hydrogens (primary N) is 1. The Kier molecular flexibility index (Phi) is 5.55. The molecule has 0 aromatic heterocycles. The smallest absolute Gasteiger partial charge is 0.422 e. The van der Waals surface area contributed by atoms with Gasteiger partial charge in [0.15, 0.2) is 0 Å². The first-order valence-electron chi connectivity index (χ1n) is 4.60. The molecule has 0 aliphatic heterocycles. The van der Waals surface area contributed by atoms with E-state index < -0.39 is 22.3 Å². The lowest BCUT2D eigenvalue weighted by atomic mass is 10.1. The molecule has 0 aliphatic rings. The fourth-order valence-corrected chi connectivity index (χ4v) is 1.62. The number of rotatable bonds is 6. The number of nitrogens with zero attached hydrogens (tertiary/aromatic N) is 1. The highest BCUT2D eigenvalue weighted by molar-refractivity contribution is 7.87. The summed E-state index contributed by atoms with van der Waals surface area (Å²) in [4.78, 5) is 12.5. The minimum Gasteiger partial charge on any atom is -0.464 e. The second-order valence-corrected chi connectivity index (χ2v) is 4.55. The normalized spacial score (nSPS) is 13.5. The van der Waals surface area contributed by atoms with E-state index in [1.165, 1.54) is 0 Å². The molecule has 0 aliphatic carbocycles. The number of nitrogens with one attached hydrogen (secondary N) is 1. The van der Waals surface area contributed by atoms with Gasteiger partial charge in [0.05, 0.1) is 6.04 Å². The molecular weight excluding hydrogens is 222 g/mol. The predicted molar refractivity (Wildman–Crippen MR) is 55.1 cm³/mol. The van der Waals surface area contributed by atoms with Crippen LogP contribution in [0.3, 0.4) is 0 Å². The lowest BCUT2D eigenvalue weighted by Crippen LogP contribution is -2.52. The van der Waals surface area contributed by atoms with Crippen molar-refractivity contribution in [2.45, 2.75) is 39.2 Å². The minimum atomic E-state index is -4.04. The maximum absolute atomic E-state index is 10.7. The molecule has 0 spiro atoms. The summed E-state index contributed by atoms with van der Waals surface area (Å²) in [5.74, 6) is 0. The Morgan fingerprint density at radius 3 is 2.47 bits per heavy atom. The Hall–Kier alpha value is -0.860. The van der Waals surface area contributed by atoms with Crippen molar-refractivity contribution in [1.82, 2.24) is 9.84 Å². The van der Waals surface area contributed by atoms with E-state index in [9.17, 15) is 13.2 Å². The topological polar surface area (TPSA) is 113 Å². The SMILES string of the molecule is CCCCC(C)N(NS(N)(=O)=O)C(=O)O. The van der Waals surface area contributed by atoms with E-state index in [0.29, 0.717) is 11.4 Å². The Balaban J connectivity index is 4.46. The first-order valence-corrected chi connectivity index (χ1v) is 6.15. The summed E-state index contributed by atoms with van der Waals surface area (Å²) < 4.78 is 21.4. The highest BCUT2D eigenvalue weighted by Crippen LogP contribution is 2.06. The molecule has 0 aromatic rings. The zero-order valence-electron chi connectivity index (χ0n) is 8.80. The zero-order valence-corrected chi connectivity index (χ0v) is 9.62. The third-order valence-electron chi connectivity index (χ3n) is 1.85. The second-order valence-electron chi connectivity index (χ2n) is 3.28. The predicted octanol–water partition coefficient (Wildman–Crippen LogP) is 0.253. The van der Waals surface area contributed by atoms with Gasteiger partial charge < -0.3 is 5.11 Å². The average molecular weight is 239 g/mol. The van der Waals surface area contributed by atoms with Gasteiger partial charge in [0.2, 0.25) is 0 Å². The summed E-state index contributed by atoms with van der Waals surface area (Å²) in [6.45, 7) is 3.58. The molecule has 0 fully saturated rings. The first kappa shape index (κ1) is 14.1. The van der Waals surface area contributed by atoms with Gasteiger partial charge in [-0.15, -0.1) is 4.83 Å². The monoisotopic (exact) mass is 239 g/mol. The van der Waals surface area contributed by atoms with Crippen molar-refractivity contribution in [2.75, 3.05) is 0 Å². The quantitative estimate of drug-likeness (QED) is 0.577. The van der Waals surface area contributed by atoms with Crippen LogP contribution < -0.4 is 9.97 Å². The summed E-state index contributed by atoms with van der Waals surface area (Å²) in [6.07, 6.45) is 0.933. The van der Waals surface area contributed by atoms with Gasteiger partial charge in [-0.2, -0.15) is 8.42 Å². The van der Waals surface area contributed by atoms with Gasteiger partial charge in [-0.1, -0.05) is 19.8 Å². The highest BCUT2D eigenvalue weighted by atomic mass is 32.2. The van der Waals surface area contributed by atoms with Crippen molar-refractivity contribution >= 4 is 16.3 Å². The van der Waals surface area contributed by atoms with Crippen molar-refractivity contribution in [3.8, 4) is 0 Å². The van der Waals surface area contributed by atoms with Crippen LogP contribution in [0.2, 0.25) is 0 Å². The maximum atomic E-state index is 10.7. The molecule has 7 nitrogen and oxygen atoms in total. The van der Waals surface area contributed by atoms with Gasteiger partial charge in [-0.3, -0.25) is 0 Å². The van der Waals surface area contributed by atoms with Gasteiger partial charge in [0.25, 0.3) is 10.2 Å². The van der Waals surface area contributed by atoms with Gasteiger partial charge in [0, 0.05) is 0 Å². The largest absolute Gasteiger partial charge is 0.464 e. The lowest BCUT2D eigenvalue weighted by molar-refractivity contribution is 0.113. The van der Waals surface area contributed by atoms with Crippen LogP contribution in [-0.4, -0.2) is 30.7 Å². The number of hydrogen-bond acceptors (Lipinski definition) is 3. The molecule has 8 heteroatoms. The summed E-state index contributed by atoms with van der Waals surface area (Å²) in [5, 5.41) is 14.0. The summed E-state index contributed by atoms with van der Waals surface area (Å²) >= 11 is 0. The van der Waals surface area contributed by atoms with Crippen molar-refractivity contribution < 1.29 is 18.3 Å². The lowest BCUT2D eigenvalue weighted by Gasteiger charge is -2.25. The Bertz CT molecular complexity index is 303. The molecule has 1 amide bonds. The van der Waals surface area contributed by atoms with Crippen LogP contribution in [0, 0.1) is 0 Å². The van der Waals surface area contributed by atoms with Crippen LogP contribution in [-0.2, 0) is 10.2 Å². The second kappa shape index (κ2) is 5.89. The van der Waals surface area contributed by atoms with Crippen molar-refractivity contribution in [2.24, 2.45) is 5.14 Å². The van der Waals surface area contributed by atoms with Gasteiger partial charge in [0.1, 0.15) is 0 Å². The summed E-state index contributed by atoms with van der Waals surface area (Å²) in [7, 11) is -4.04. The van der Waals surface area contributed by atoms with Crippen LogP contribution in [0.15, 0.2) is 0 Å². The Morgan fingerprint density at radius 1 is 1.60 bits per heavy atom. The van der Waals surface area contributed by atoms with Gasteiger partial charge in [-0.25, -0.2) is 14.9 Å². The van der Waals surface area contributed by atoms with E-state index in [4.69, 9.17) is 10.2 Å². The van der Waals surface area contributed by atoms with Crippen LogP contribution in [0.1, 0.15) is 33.1 Å². The van der Waals surface area contributed by atoms with Gasteiger partial charge in [-0.05, 0) is 13.3 Å². The number of amides is 1. The number of carboxylic acid groups (broad SMARTS) is 1. The van der Waals surface area contributed by atoms with E-state index in [2.05, 4.69) is 0 Å². The third-order valence-corrected chi connectivity index (χ3v) is 2.30. The van der Waals surface area contributed by atoms with E-state index in [-0.39, 0.29) is 0 Å². The molecule has 4 N–H and O–H groups in total. The zero-order chi connectivity index (χ0) is 12.1. The van der Waals surface area contributed by atoms with E-state index in [1.54, 1.807) is 11.8 Å². The molecule has 15 heavy (non-hydrogen) atoms. The van der Waals surface area contributed by atoms with E-state index in [1.807, 2.05) is 6.92 Å². The van der Waals surface area contributed by atoms with Crippen LogP contribution in [0.5, 0.6) is 0 Å². The standard InChI is InChI=1S/C7H17N3O4S/c1-3-4-5-6(2)10(7(11)12)9-15(8,13)14/h6,9H,3-5H2,1-2H3,(H,11,12)(H2,8,13,14). The van der Waals surface area contributed by atoms with Crippen LogP contribution in [0.25, 0.3) is 0 Å². The van der Waals surface area contributed by atoms with Crippen LogP contribution in [0.4, 0.5) is 4.79 Å². The molecule has 0 rings (SSSR count). The number of unbranched alkanes of at least 4 members (excludes halogenated alkanes) is 1. The van der Waals surface area contributed by atoms with E-state index >= 15 is 0 Å². The molecule has 1 atom stereocenters. The van der Waals surface area contributed by atoms with Crippen molar-refractivity contribution in [3.63, 3.8) is 0 Å². The van der Waals surface area contributed by atoms with Crippen LogP contribution >= 0.6 is 0 Å². The van der Waals surface area contributed by atoms with E-state index in [0.717, 1.165) is 12.8 Å². The van der Waals surface area contributed by atoms with Crippen molar-refractivity contribution in [1.29, 1.82) is 0 Å². The molecule has 90 valence electrons. The molecule has 0 saturated heterocycles. The molecule has 1 unspecified atom stereocenters. The van der Waals surface area contributed by atoms with Gasteiger partial charge >= 0.3 is 6.09 Å².